The van der Waals surface area contributed by atoms with Gasteiger partial charge in [0.15, 0.2) is 16.4 Å². The average molecular weight is 543 g/mol. The van der Waals surface area contributed by atoms with Crippen molar-refractivity contribution in [3.8, 4) is 0 Å². The van der Waals surface area contributed by atoms with Crippen molar-refractivity contribution in [3.05, 3.63) is 27.7 Å². The molecule has 2 fully saturated rings. The molecule has 0 aliphatic carbocycles. The van der Waals surface area contributed by atoms with Crippen LogP contribution >= 0.6 is 23.2 Å². The van der Waals surface area contributed by atoms with Gasteiger partial charge < -0.3 is 14.4 Å². The van der Waals surface area contributed by atoms with E-state index in [9.17, 15) is 26.4 Å². The lowest BCUT2D eigenvalue weighted by molar-refractivity contribution is -0.136. The van der Waals surface area contributed by atoms with E-state index in [1.54, 1.807) is 6.92 Å². The Labute approximate surface area is 202 Å². The minimum atomic E-state index is -4.01. The van der Waals surface area contributed by atoms with Gasteiger partial charge in [0.25, 0.3) is 5.91 Å². The third-order valence-corrected chi connectivity index (χ3v) is 9.89. The first-order chi connectivity index (χ1) is 15.5. The Hall–Kier alpha value is -1.44. The Morgan fingerprint density at radius 3 is 2.45 bits per heavy atom. The lowest BCUT2D eigenvalue weighted by Gasteiger charge is -2.27. The fourth-order valence-corrected chi connectivity index (χ4v) is 7.72. The van der Waals surface area contributed by atoms with Crippen molar-refractivity contribution in [1.29, 1.82) is 0 Å². The summed E-state index contributed by atoms with van der Waals surface area (Å²) in [5.41, 5.74) is -0.257. The number of esters is 1. The van der Waals surface area contributed by atoms with E-state index >= 15 is 0 Å². The van der Waals surface area contributed by atoms with Gasteiger partial charge in [-0.2, -0.15) is 4.31 Å². The summed E-state index contributed by atoms with van der Waals surface area (Å²) < 4.78 is 60.8. The number of likely N-dealkylation sites (N-methyl/N-ethyl adjacent to an activating group) is 1. The second kappa shape index (κ2) is 10.4. The molecule has 2 aliphatic rings. The number of hydrogen-bond donors (Lipinski definition) is 0. The van der Waals surface area contributed by atoms with Gasteiger partial charge in [-0.3, -0.25) is 4.79 Å². The van der Waals surface area contributed by atoms with Crippen molar-refractivity contribution in [2.24, 2.45) is 0 Å². The summed E-state index contributed by atoms with van der Waals surface area (Å²) in [6.45, 7) is 2.05. The third-order valence-electron chi connectivity index (χ3n) is 5.47. The highest BCUT2D eigenvalue weighted by molar-refractivity contribution is 7.91. The van der Waals surface area contributed by atoms with Gasteiger partial charge >= 0.3 is 5.97 Å². The largest absolute Gasteiger partial charge is 0.452 e. The molecule has 14 heteroatoms. The molecule has 0 aromatic heterocycles. The maximum Gasteiger partial charge on any atom is 0.340 e. The molecule has 184 valence electrons. The summed E-state index contributed by atoms with van der Waals surface area (Å²) in [4.78, 5) is 26.2. The van der Waals surface area contributed by atoms with Crippen LogP contribution in [0.25, 0.3) is 0 Å². The van der Waals surface area contributed by atoms with E-state index in [0.29, 0.717) is 6.42 Å². The van der Waals surface area contributed by atoms with Crippen LogP contribution in [0.5, 0.6) is 0 Å². The van der Waals surface area contributed by atoms with Gasteiger partial charge in [-0.25, -0.2) is 21.6 Å². The molecule has 0 N–H and O–H groups in total. The summed E-state index contributed by atoms with van der Waals surface area (Å²) in [6, 6.07) is 1.69. The fourth-order valence-electron chi connectivity index (χ4n) is 3.76. The molecule has 33 heavy (non-hydrogen) atoms. The zero-order chi connectivity index (χ0) is 24.4. The van der Waals surface area contributed by atoms with Crippen LogP contribution in [0.4, 0.5) is 0 Å². The van der Waals surface area contributed by atoms with Crippen molar-refractivity contribution in [2.75, 3.05) is 51.0 Å². The van der Waals surface area contributed by atoms with Gasteiger partial charge in [-0.05, 0) is 25.5 Å². The number of halogens is 2. The van der Waals surface area contributed by atoms with Crippen molar-refractivity contribution in [3.63, 3.8) is 0 Å². The molecule has 0 bridgehead atoms. The minimum Gasteiger partial charge on any atom is -0.452 e. The van der Waals surface area contributed by atoms with Gasteiger partial charge in [0.1, 0.15) is 4.90 Å². The number of sulfonamides is 1. The molecule has 1 amide bonds. The molecule has 1 aromatic carbocycles. The summed E-state index contributed by atoms with van der Waals surface area (Å²) in [7, 11) is -7.21. The normalized spacial score (nSPS) is 21.0. The van der Waals surface area contributed by atoms with E-state index in [1.807, 2.05) is 0 Å². The minimum absolute atomic E-state index is 0.00199. The summed E-state index contributed by atoms with van der Waals surface area (Å²) in [5, 5.41) is -0.286. The van der Waals surface area contributed by atoms with E-state index in [0.717, 1.165) is 12.1 Å². The number of ether oxygens (including phenoxy) is 2. The number of carbonyl (C=O) groups excluding carboxylic acids is 2. The zero-order valence-corrected chi connectivity index (χ0v) is 21.0. The summed E-state index contributed by atoms with van der Waals surface area (Å²) in [5.74, 6) is -1.69. The van der Waals surface area contributed by atoms with Crippen molar-refractivity contribution in [2.45, 2.75) is 24.3 Å². The van der Waals surface area contributed by atoms with Crippen LogP contribution in [0.15, 0.2) is 17.0 Å². The quantitative estimate of drug-likeness (QED) is 0.470. The molecule has 2 aliphatic heterocycles. The smallest absolute Gasteiger partial charge is 0.340 e. The SMILES string of the molecule is CCN(C(=O)COC(=O)c1cc(S(=O)(=O)N2CCOCC2)c(Cl)cc1Cl)[C@@H]1CCS(=O)(=O)C1. The van der Waals surface area contributed by atoms with E-state index in [4.69, 9.17) is 32.7 Å². The van der Waals surface area contributed by atoms with Gasteiger partial charge in [0.2, 0.25) is 10.0 Å². The Morgan fingerprint density at radius 2 is 1.88 bits per heavy atom. The lowest BCUT2D eigenvalue weighted by Crippen LogP contribution is -2.43. The number of nitrogens with zero attached hydrogens (tertiary/aromatic N) is 2. The lowest BCUT2D eigenvalue weighted by atomic mass is 10.2. The first-order valence-electron chi connectivity index (χ1n) is 10.2. The van der Waals surface area contributed by atoms with E-state index in [2.05, 4.69) is 0 Å². The van der Waals surface area contributed by atoms with E-state index in [-0.39, 0.29) is 64.9 Å². The third kappa shape index (κ3) is 5.98. The topological polar surface area (TPSA) is 127 Å². The Balaban J connectivity index is 1.74. The molecule has 1 aromatic rings. The molecular weight excluding hydrogens is 519 g/mol. The van der Waals surface area contributed by atoms with Crippen LogP contribution in [0, 0.1) is 0 Å². The van der Waals surface area contributed by atoms with Crippen LogP contribution in [0.1, 0.15) is 23.7 Å². The van der Waals surface area contributed by atoms with E-state index < -0.39 is 44.4 Å². The summed E-state index contributed by atoms with van der Waals surface area (Å²) >= 11 is 12.2. The van der Waals surface area contributed by atoms with E-state index in [1.165, 1.54) is 9.21 Å². The van der Waals surface area contributed by atoms with Gasteiger partial charge in [-0.1, -0.05) is 23.2 Å². The molecule has 2 heterocycles. The van der Waals surface area contributed by atoms with Crippen LogP contribution in [-0.4, -0.2) is 94.9 Å². The number of hydrogen-bond acceptors (Lipinski definition) is 8. The zero-order valence-electron chi connectivity index (χ0n) is 17.8. The Bertz CT molecular complexity index is 1130. The standard InChI is InChI=1S/C19H24Cl2N2O8S2/c1-2-23(13-3-8-32(26,27)12-13)18(24)11-31-19(25)14-9-17(16(21)10-15(14)20)33(28,29)22-4-6-30-7-5-22/h9-10,13H,2-8,11-12H2,1H3/t13-/m1/s1. The second-order valence-corrected chi connectivity index (χ2v) is 12.5. The Morgan fingerprint density at radius 1 is 1.21 bits per heavy atom. The molecule has 0 unspecified atom stereocenters. The van der Waals surface area contributed by atoms with Crippen molar-refractivity contribution < 1.29 is 35.9 Å². The van der Waals surface area contributed by atoms with Crippen molar-refractivity contribution in [1.82, 2.24) is 9.21 Å². The monoisotopic (exact) mass is 542 g/mol. The number of rotatable bonds is 7. The second-order valence-electron chi connectivity index (χ2n) is 7.59. The predicted molar refractivity (Wildman–Crippen MR) is 121 cm³/mol. The highest BCUT2D eigenvalue weighted by atomic mass is 35.5. The molecule has 2 saturated heterocycles. The van der Waals surface area contributed by atoms with Crippen LogP contribution in [0.3, 0.4) is 0 Å². The number of benzene rings is 1. The average Bonchev–Trinajstić information content (AvgIpc) is 3.12. The Kier molecular flexibility index (Phi) is 8.28. The number of carbonyl (C=O) groups is 2. The first kappa shape index (κ1) is 26.2. The number of morpholine rings is 1. The van der Waals surface area contributed by atoms with Gasteiger partial charge in [0.05, 0.1) is 40.3 Å². The van der Waals surface area contributed by atoms with Crippen LogP contribution in [-0.2, 0) is 34.1 Å². The number of sulfone groups is 1. The molecule has 0 radical (unpaired) electrons. The number of amides is 1. The van der Waals surface area contributed by atoms with Gasteiger partial charge in [0, 0.05) is 25.7 Å². The molecule has 3 rings (SSSR count). The molecule has 0 saturated carbocycles. The molecule has 1 atom stereocenters. The molecule has 0 spiro atoms. The highest BCUT2D eigenvalue weighted by Crippen LogP contribution is 2.31. The maximum atomic E-state index is 13.0. The first-order valence-corrected chi connectivity index (χ1v) is 14.2. The summed E-state index contributed by atoms with van der Waals surface area (Å²) in [6.07, 6.45) is 0.321. The van der Waals surface area contributed by atoms with Crippen LogP contribution in [0.2, 0.25) is 10.0 Å². The van der Waals surface area contributed by atoms with Crippen molar-refractivity contribution >= 4 is 54.9 Å². The highest BCUT2D eigenvalue weighted by Gasteiger charge is 2.34. The van der Waals surface area contributed by atoms with Crippen LogP contribution < -0.4 is 0 Å². The fraction of sp³-hybridized carbons (Fsp3) is 0.579. The molecular formula is C19H24Cl2N2O8S2. The molecule has 10 nitrogen and oxygen atoms in total. The maximum absolute atomic E-state index is 13.0. The van der Waals surface area contributed by atoms with Gasteiger partial charge in [-0.15, -0.1) is 0 Å². The predicted octanol–water partition coefficient (Wildman–Crippen LogP) is 1.21.